The van der Waals surface area contributed by atoms with Crippen LogP contribution >= 0.6 is 11.3 Å². The maximum atomic E-state index is 11.9. The van der Waals surface area contributed by atoms with Crippen LogP contribution < -0.4 is 10.6 Å². The number of hydrogen-bond acceptors (Lipinski definition) is 3. The Kier molecular flexibility index (Phi) is 5.78. The summed E-state index contributed by atoms with van der Waals surface area (Å²) in [7, 11) is 4.03. The van der Waals surface area contributed by atoms with Crippen molar-refractivity contribution in [2.75, 3.05) is 20.6 Å². The summed E-state index contributed by atoms with van der Waals surface area (Å²) in [6.07, 6.45) is 0. The van der Waals surface area contributed by atoms with Crippen molar-refractivity contribution >= 4 is 17.4 Å². The molecule has 2 amide bonds. The van der Waals surface area contributed by atoms with Crippen molar-refractivity contribution in [3.63, 3.8) is 0 Å². The summed E-state index contributed by atoms with van der Waals surface area (Å²) in [5, 5.41) is 7.82. The highest BCUT2D eigenvalue weighted by Crippen LogP contribution is 2.16. The van der Waals surface area contributed by atoms with Crippen LogP contribution in [0.25, 0.3) is 0 Å². The van der Waals surface area contributed by atoms with Gasteiger partial charge in [0.25, 0.3) is 0 Å². The zero-order valence-electron chi connectivity index (χ0n) is 12.4. The van der Waals surface area contributed by atoms with Gasteiger partial charge in [-0.25, -0.2) is 4.79 Å². The van der Waals surface area contributed by atoms with E-state index in [2.05, 4.69) is 27.7 Å². The Hall–Kier alpha value is -1.85. The molecule has 2 aromatic rings. The Bertz CT molecular complexity index is 540. The van der Waals surface area contributed by atoms with E-state index >= 15 is 0 Å². The summed E-state index contributed by atoms with van der Waals surface area (Å²) in [5.41, 5.74) is 1.20. The number of amides is 2. The molecule has 0 radical (unpaired) electrons. The lowest BCUT2D eigenvalue weighted by Gasteiger charge is -2.25. The van der Waals surface area contributed by atoms with Crippen molar-refractivity contribution in [2.24, 2.45) is 0 Å². The number of thiophene rings is 1. The first kappa shape index (κ1) is 15.5. The molecule has 2 rings (SSSR count). The fraction of sp³-hybridized carbons (Fsp3) is 0.312. The minimum absolute atomic E-state index is 0.133. The molecule has 112 valence electrons. The van der Waals surface area contributed by atoms with E-state index in [4.69, 9.17) is 0 Å². The van der Waals surface area contributed by atoms with Gasteiger partial charge in [0, 0.05) is 11.4 Å². The van der Waals surface area contributed by atoms with E-state index in [9.17, 15) is 4.79 Å². The van der Waals surface area contributed by atoms with Gasteiger partial charge in [0.05, 0.1) is 12.6 Å². The van der Waals surface area contributed by atoms with E-state index in [1.807, 2.05) is 49.8 Å². The number of carbonyl (C=O) groups excluding carboxylic acids is 1. The molecule has 2 N–H and O–H groups in total. The lowest BCUT2D eigenvalue weighted by molar-refractivity contribution is 0.232. The summed E-state index contributed by atoms with van der Waals surface area (Å²) in [6.45, 7) is 1.15. The molecule has 0 saturated carbocycles. The Morgan fingerprint density at radius 2 is 1.90 bits per heavy atom. The number of carbonyl (C=O) groups is 1. The van der Waals surface area contributed by atoms with E-state index in [0.29, 0.717) is 13.1 Å². The molecule has 0 aliphatic rings. The molecule has 1 atom stereocenters. The highest BCUT2D eigenvalue weighted by molar-refractivity contribution is 7.09. The van der Waals surface area contributed by atoms with Crippen LogP contribution in [0.5, 0.6) is 0 Å². The van der Waals surface area contributed by atoms with Gasteiger partial charge in [-0.05, 0) is 31.1 Å². The molecule has 0 bridgehead atoms. The highest BCUT2D eigenvalue weighted by Gasteiger charge is 2.14. The van der Waals surface area contributed by atoms with Crippen molar-refractivity contribution in [1.82, 2.24) is 15.5 Å². The molecule has 0 aliphatic heterocycles. The van der Waals surface area contributed by atoms with Crippen LogP contribution in [0.3, 0.4) is 0 Å². The molecule has 21 heavy (non-hydrogen) atoms. The van der Waals surface area contributed by atoms with E-state index in [1.54, 1.807) is 11.3 Å². The molecule has 0 aliphatic carbocycles. The summed E-state index contributed by atoms with van der Waals surface area (Å²) in [4.78, 5) is 15.1. The van der Waals surface area contributed by atoms with Crippen LogP contribution in [0, 0.1) is 0 Å². The second-order valence-corrected chi connectivity index (χ2v) is 6.07. The van der Waals surface area contributed by atoms with E-state index in [0.717, 1.165) is 4.88 Å². The van der Waals surface area contributed by atoms with Gasteiger partial charge in [-0.15, -0.1) is 11.3 Å². The van der Waals surface area contributed by atoms with Crippen LogP contribution in [-0.4, -0.2) is 31.6 Å². The number of nitrogens with one attached hydrogen (secondary N) is 2. The lowest BCUT2D eigenvalue weighted by Crippen LogP contribution is -2.40. The van der Waals surface area contributed by atoms with Gasteiger partial charge in [-0.1, -0.05) is 36.4 Å². The van der Waals surface area contributed by atoms with Crippen LogP contribution in [0.15, 0.2) is 47.8 Å². The molecule has 1 heterocycles. The molecule has 4 nitrogen and oxygen atoms in total. The summed E-state index contributed by atoms with van der Waals surface area (Å²) >= 11 is 1.64. The van der Waals surface area contributed by atoms with Crippen molar-refractivity contribution in [3.05, 3.63) is 58.3 Å². The number of hydrogen-bond donors (Lipinski definition) is 2. The first-order valence-corrected chi connectivity index (χ1v) is 7.80. The SMILES string of the molecule is CN(C)C(CNC(=O)NCc1cccs1)c1ccccc1. The average molecular weight is 303 g/mol. The number of likely N-dealkylation sites (N-methyl/N-ethyl adjacent to an activating group) is 1. The predicted octanol–water partition coefficient (Wildman–Crippen LogP) is 2.85. The Morgan fingerprint density at radius 1 is 1.14 bits per heavy atom. The summed E-state index contributed by atoms with van der Waals surface area (Å²) in [5.74, 6) is 0. The van der Waals surface area contributed by atoms with Crippen molar-refractivity contribution in [1.29, 1.82) is 0 Å². The van der Waals surface area contributed by atoms with Gasteiger partial charge in [-0.2, -0.15) is 0 Å². The highest BCUT2D eigenvalue weighted by atomic mass is 32.1. The molecule has 0 spiro atoms. The lowest BCUT2D eigenvalue weighted by atomic mass is 10.1. The normalized spacial score (nSPS) is 12.1. The minimum Gasteiger partial charge on any atom is -0.336 e. The third-order valence-electron chi connectivity index (χ3n) is 3.27. The van der Waals surface area contributed by atoms with E-state index < -0.39 is 0 Å². The number of nitrogens with zero attached hydrogens (tertiary/aromatic N) is 1. The fourth-order valence-corrected chi connectivity index (χ4v) is 2.75. The van der Waals surface area contributed by atoms with Crippen molar-refractivity contribution < 1.29 is 4.79 Å². The number of urea groups is 1. The predicted molar refractivity (Wildman–Crippen MR) is 87.4 cm³/mol. The average Bonchev–Trinajstić information content (AvgIpc) is 2.99. The smallest absolute Gasteiger partial charge is 0.315 e. The molecular weight excluding hydrogens is 282 g/mol. The van der Waals surface area contributed by atoms with Gasteiger partial charge in [0.1, 0.15) is 0 Å². The number of benzene rings is 1. The summed E-state index contributed by atoms with van der Waals surface area (Å²) in [6, 6.07) is 14.2. The fourth-order valence-electron chi connectivity index (χ4n) is 2.11. The molecule has 1 aromatic heterocycles. The van der Waals surface area contributed by atoms with E-state index in [-0.39, 0.29) is 12.1 Å². The van der Waals surface area contributed by atoms with Crippen molar-refractivity contribution in [3.8, 4) is 0 Å². The van der Waals surface area contributed by atoms with E-state index in [1.165, 1.54) is 5.56 Å². The van der Waals surface area contributed by atoms with Crippen LogP contribution in [0.4, 0.5) is 4.79 Å². The number of rotatable bonds is 6. The Balaban J connectivity index is 1.83. The van der Waals surface area contributed by atoms with Gasteiger partial charge in [0.2, 0.25) is 0 Å². The molecule has 0 fully saturated rings. The van der Waals surface area contributed by atoms with Gasteiger partial charge >= 0.3 is 6.03 Å². The van der Waals surface area contributed by atoms with Crippen LogP contribution in [-0.2, 0) is 6.54 Å². The summed E-state index contributed by atoms with van der Waals surface area (Å²) < 4.78 is 0. The Labute approximate surface area is 129 Å². The molecule has 1 unspecified atom stereocenters. The minimum atomic E-state index is -0.133. The van der Waals surface area contributed by atoms with Crippen LogP contribution in [0.2, 0.25) is 0 Å². The third kappa shape index (κ3) is 4.88. The zero-order valence-corrected chi connectivity index (χ0v) is 13.2. The standard InChI is InChI=1S/C16H21N3OS/c1-19(2)15(13-7-4-3-5-8-13)12-18-16(20)17-11-14-9-6-10-21-14/h3-10,15H,11-12H2,1-2H3,(H2,17,18,20). The van der Waals surface area contributed by atoms with Gasteiger partial charge in [-0.3, -0.25) is 0 Å². The maximum absolute atomic E-state index is 11.9. The molecule has 5 heteroatoms. The van der Waals surface area contributed by atoms with Crippen LogP contribution in [0.1, 0.15) is 16.5 Å². The first-order chi connectivity index (χ1) is 10.2. The molecule has 0 saturated heterocycles. The topological polar surface area (TPSA) is 44.4 Å². The molecular formula is C16H21N3OS. The maximum Gasteiger partial charge on any atom is 0.315 e. The monoisotopic (exact) mass is 303 g/mol. The molecule has 1 aromatic carbocycles. The van der Waals surface area contributed by atoms with Gasteiger partial charge < -0.3 is 15.5 Å². The second-order valence-electron chi connectivity index (χ2n) is 5.03. The zero-order chi connectivity index (χ0) is 15.1. The second kappa shape index (κ2) is 7.81. The van der Waals surface area contributed by atoms with Crippen molar-refractivity contribution in [2.45, 2.75) is 12.6 Å². The largest absolute Gasteiger partial charge is 0.336 e. The quantitative estimate of drug-likeness (QED) is 0.862. The van der Waals surface area contributed by atoms with Gasteiger partial charge in [0.15, 0.2) is 0 Å². The first-order valence-electron chi connectivity index (χ1n) is 6.92. The Morgan fingerprint density at radius 3 is 2.52 bits per heavy atom. The third-order valence-corrected chi connectivity index (χ3v) is 4.14.